The first-order valence-electron chi connectivity index (χ1n) is 4.69. The van der Waals surface area contributed by atoms with Crippen LogP contribution in [0.3, 0.4) is 0 Å². The third-order valence-electron chi connectivity index (χ3n) is 1.13. The Morgan fingerprint density at radius 3 is 1.43 bits per heavy atom. The van der Waals surface area contributed by atoms with Gasteiger partial charge < -0.3 is 0 Å². The zero-order chi connectivity index (χ0) is 12.0. The van der Waals surface area contributed by atoms with E-state index in [0.29, 0.717) is 0 Å². The van der Waals surface area contributed by atoms with Crippen molar-refractivity contribution in [3.05, 3.63) is 36.5 Å². The third-order valence-corrected chi connectivity index (χ3v) is 1.13. The summed E-state index contributed by atoms with van der Waals surface area (Å²) < 4.78 is 0. The molecule has 0 bridgehead atoms. The third kappa shape index (κ3) is 44.5. The Bertz CT molecular complexity index is 177. The van der Waals surface area contributed by atoms with Gasteiger partial charge in [-0.15, -0.1) is 13.2 Å². The lowest BCUT2D eigenvalue weighted by Crippen LogP contribution is -1.65. The van der Waals surface area contributed by atoms with Crippen LogP contribution in [0, 0.1) is 0 Å². The molecule has 0 aromatic rings. The van der Waals surface area contributed by atoms with Crippen LogP contribution in [0.15, 0.2) is 41.4 Å². The van der Waals surface area contributed by atoms with Gasteiger partial charge in [0.25, 0.3) is 0 Å². The van der Waals surface area contributed by atoms with Crippen LogP contribution in [0.25, 0.3) is 0 Å². The van der Waals surface area contributed by atoms with Crippen molar-refractivity contribution < 1.29 is 0 Å². The van der Waals surface area contributed by atoms with Crippen LogP contribution >= 0.6 is 0 Å². The zero-order valence-electron chi connectivity index (χ0n) is 10.6. The van der Waals surface area contributed by atoms with Crippen LogP contribution in [-0.2, 0) is 0 Å². The molecule has 0 heterocycles. The normalized spacial score (nSPS) is 7.57. The first-order chi connectivity index (χ1) is 6.54. The minimum atomic E-state index is 1.28. The van der Waals surface area contributed by atoms with E-state index < -0.39 is 0 Å². The summed E-state index contributed by atoms with van der Waals surface area (Å²) in [4.78, 5) is 3.77. The molecular weight excluding hydrogens is 170 g/mol. The fourth-order valence-corrected chi connectivity index (χ4v) is 0.224. The molecule has 0 aliphatic rings. The first kappa shape index (κ1) is 18.6. The maximum absolute atomic E-state index is 3.77. The maximum Gasteiger partial charge on any atom is 0.0277 e. The molecule has 0 spiro atoms. The summed E-state index contributed by atoms with van der Waals surface area (Å²) in [6.45, 7) is 16.3. The number of allylic oxidation sites excluding steroid dienone is 4. The summed E-state index contributed by atoms with van der Waals surface area (Å²) in [5.41, 5.74) is 2.66. The van der Waals surface area contributed by atoms with E-state index in [2.05, 4.69) is 38.1 Å². The topological polar surface area (TPSA) is 12.4 Å². The molecule has 82 valence electrons. The van der Waals surface area contributed by atoms with Gasteiger partial charge in [-0.2, -0.15) is 0 Å². The SMILES string of the molecule is C=C.CC=C(C)C.CN=CC=C(C)C. The molecular formula is C13H25N. The van der Waals surface area contributed by atoms with Crippen molar-refractivity contribution in [2.75, 3.05) is 7.05 Å². The van der Waals surface area contributed by atoms with Crippen LogP contribution < -0.4 is 0 Å². The summed E-state index contributed by atoms with van der Waals surface area (Å²) in [5.74, 6) is 0. The molecule has 0 atom stereocenters. The van der Waals surface area contributed by atoms with E-state index in [-0.39, 0.29) is 0 Å². The Balaban J connectivity index is -0.000000152. The molecule has 1 heteroatoms. The molecule has 0 fully saturated rings. The van der Waals surface area contributed by atoms with Crippen molar-refractivity contribution in [3.8, 4) is 0 Å². The quantitative estimate of drug-likeness (QED) is 0.433. The van der Waals surface area contributed by atoms with Gasteiger partial charge in [0, 0.05) is 13.3 Å². The predicted octanol–water partition coefficient (Wildman–Crippen LogP) is 4.43. The first-order valence-corrected chi connectivity index (χ1v) is 4.69. The van der Waals surface area contributed by atoms with E-state index in [0.717, 1.165) is 0 Å². The number of nitrogens with zero attached hydrogens (tertiary/aromatic N) is 1. The highest BCUT2D eigenvalue weighted by molar-refractivity contribution is 5.71. The van der Waals surface area contributed by atoms with Gasteiger partial charge in [-0.1, -0.05) is 17.2 Å². The van der Waals surface area contributed by atoms with Gasteiger partial charge in [0.1, 0.15) is 0 Å². The van der Waals surface area contributed by atoms with Gasteiger partial charge in [0.05, 0.1) is 0 Å². The average Bonchev–Trinajstić information content (AvgIpc) is 2.18. The van der Waals surface area contributed by atoms with Crippen molar-refractivity contribution in [2.24, 2.45) is 4.99 Å². The van der Waals surface area contributed by atoms with E-state index in [1.165, 1.54) is 11.1 Å². The number of aliphatic imine (C=N–C) groups is 1. The molecule has 0 unspecified atom stereocenters. The number of hydrogen-bond donors (Lipinski definition) is 0. The second-order valence-corrected chi connectivity index (χ2v) is 3.02. The summed E-state index contributed by atoms with van der Waals surface area (Å²) >= 11 is 0. The van der Waals surface area contributed by atoms with Crippen LogP contribution in [0.4, 0.5) is 0 Å². The van der Waals surface area contributed by atoms with Gasteiger partial charge in [0.15, 0.2) is 0 Å². The molecule has 0 saturated heterocycles. The molecule has 0 saturated carbocycles. The highest BCUT2D eigenvalue weighted by Crippen LogP contribution is 1.83. The van der Waals surface area contributed by atoms with Crippen LogP contribution in [-0.4, -0.2) is 13.3 Å². The van der Waals surface area contributed by atoms with Crippen LogP contribution in [0.5, 0.6) is 0 Å². The minimum Gasteiger partial charge on any atom is -0.297 e. The summed E-state index contributed by atoms with van der Waals surface area (Å²) in [6.07, 6.45) is 5.84. The number of hydrogen-bond acceptors (Lipinski definition) is 1. The van der Waals surface area contributed by atoms with Crippen LogP contribution in [0.1, 0.15) is 34.6 Å². The Morgan fingerprint density at radius 2 is 1.36 bits per heavy atom. The molecule has 0 amide bonds. The smallest absolute Gasteiger partial charge is 0.0277 e. The van der Waals surface area contributed by atoms with Gasteiger partial charge in [-0.25, -0.2) is 0 Å². The molecule has 0 radical (unpaired) electrons. The van der Waals surface area contributed by atoms with Gasteiger partial charge in [-0.05, 0) is 40.7 Å². The van der Waals surface area contributed by atoms with Crippen molar-refractivity contribution >= 4 is 6.21 Å². The Morgan fingerprint density at radius 1 is 1.00 bits per heavy atom. The molecule has 0 aliphatic carbocycles. The largest absolute Gasteiger partial charge is 0.297 e. The standard InChI is InChI=1S/C6H11N.C5H10.C2H4/c1-6(2)4-5-7-3;1-4-5(2)3;1-2/h4-5H,1-3H3;4H,1-3H3;1-2H2. The fourth-order valence-electron chi connectivity index (χ4n) is 0.224. The van der Waals surface area contributed by atoms with Crippen molar-refractivity contribution in [1.29, 1.82) is 0 Å². The molecule has 0 aromatic heterocycles. The molecule has 0 aromatic carbocycles. The summed E-state index contributed by atoms with van der Waals surface area (Å²) in [6, 6.07) is 0. The second-order valence-electron chi connectivity index (χ2n) is 3.02. The molecule has 0 aliphatic heterocycles. The van der Waals surface area contributed by atoms with Gasteiger partial charge >= 0.3 is 0 Å². The van der Waals surface area contributed by atoms with Crippen molar-refractivity contribution in [2.45, 2.75) is 34.6 Å². The summed E-state index contributed by atoms with van der Waals surface area (Å²) in [5, 5.41) is 0. The monoisotopic (exact) mass is 195 g/mol. The van der Waals surface area contributed by atoms with E-state index in [1.807, 2.05) is 26.8 Å². The van der Waals surface area contributed by atoms with Gasteiger partial charge in [-0.3, -0.25) is 4.99 Å². The van der Waals surface area contributed by atoms with Crippen molar-refractivity contribution in [3.63, 3.8) is 0 Å². The fraction of sp³-hybridized carbons (Fsp3) is 0.462. The van der Waals surface area contributed by atoms with Crippen molar-refractivity contribution in [1.82, 2.24) is 0 Å². The van der Waals surface area contributed by atoms with Crippen LogP contribution in [0.2, 0.25) is 0 Å². The lowest BCUT2D eigenvalue weighted by Gasteiger charge is -1.77. The van der Waals surface area contributed by atoms with E-state index in [4.69, 9.17) is 0 Å². The minimum absolute atomic E-state index is 1.28. The molecule has 1 nitrogen and oxygen atoms in total. The summed E-state index contributed by atoms with van der Waals surface area (Å²) in [7, 11) is 1.76. The molecule has 0 rings (SSSR count). The van der Waals surface area contributed by atoms with E-state index in [9.17, 15) is 0 Å². The predicted molar refractivity (Wildman–Crippen MR) is 70.2 cm³/mol. The highest BCUT2D eigenvalue weighted by Gasteiger charge is 1.66. The highest BCUT2D eigenvalue weighted by atomic mass is 14.6. The second kappa shape index (κ2) is 17.8. The zero-order valence-corrected chi connectivity index (χ0v) is 10.6. The number of rotatable bonds is 1. The average molecular weight is 195 g/mol. The lowest BCUT2D eigenvalue weighted by molar-refractivity contribution is 1.36. The molecule has 0 N–H and O–H groups in total. The van der Waals surface area contributed by atoms with Gasteiger partial charge in [0.2, 0.25) is 0 Å². The Kier molecular flexibility index (Phi) is 23.7. The Labute approximate surface area is 90.0 Å². The van der Waals surface area contributed by atoms with E-state index in [1.54, 1.807) is 13.3 Å². The Hall–Kier alpha value is -1.11. The lowest BCUT2D eigenvalue weighted by atomic mass is 10.3. The maximum atomic E-state index is 3.77. The molecule has 14 heavy (non-hydrogen) atoms. The van der Waals surface area contributed by atoms with E-state index >= 15 is 0 Å².